The largest absolute Gasteiger partial charge is 0.338 e. The van der Waals surface area contributed by atoms with Crippen LogP contribution in [-0.2, 0) is 0 Å². The third-order valence-electron chi connectivity index (χ3n) is 2.09. The molecule has 64 valence electrons. The molecule has 11 heavy (non-hydrogen) atoms. The third kappa shape index (κ3) is 2.10. The molecule has 1 aliphatic rings. The Bertz CT molecular complexity index is 165. The Morgan fingerprint density at radius 2 is 2.18 bits per heavy atom. The van der Waals surface area contributed by atoms with Gasteiger partial charge < -0.3 is 10.2 Å². The molecule has 1 aliphatic heterocycles. The molecule has 0 spiro atoms. The molecular formula is C8H16N2O. The minimum Gasteiger partial charge on any atom is -0.338 e. The number of hydrogen-bond donors (Lipinski definition) is 1. The van der Waals surface area contributed by atoms with Gasteiger partial charge in [-0.1, -0.05) is 13.8 Å². The van der Waals surface area contributed by atoms with Crippen LogP contribution in [0.4, 0.5) is 4.79 Å². The molecular weight excluding hydrogens is 140 g/mol. The van der Waals surface area contributed by atoms with Gasteiger partial charge in [-0.05, 0) is 11.8 Å². The highest BCUT2D eigenvalue weighted by Crippen LogP contribution is 2.22. The van der Waals surface area contributed by atoms with Gasteiger partial charge in [0.1, 0.15) is 0 Å². The molecule has 2 amide bonds. The van der Waals surface area contributed by atoms with E-state index >= 15 is 0 Å². The highest BCUT2D eigenvalue weighted by atomic mass is 16.2. The molecule has 0 atom stereocenters. The standard InChI is InChI=1S/C8H16N2O/c1-8(2)4-5-9-7(11)10(3)6-8/h4-6H2,1-3H3,(H,9,11). The van der Waals surface area contributed by atoms with Crippen molar-refractivity contribution >= 4 is 6.03 Å². The molecule has 0 saturated carbocycles. The molecule has 0 aliphatic carbocycles. The lowest BCUT2D eigenvalue weighted by Gasteiger charge is -2.25. The molecule has 1 fully saturated rings. The van der Waals surface area contributed by atoms with E-state index in [2.05, 4.69) is 19.2 Å². The van der Waals surface area contributed by atoms with E-state index in [9.17, 15) is 4.79 Å². The fourth-order valence-electron chi connectivity index (χ4n) is 1.44. The van der Waals surface area contributed by atoms with E-state index in [4.69, 9.17) is 0 Å². The third-order valence-corrected chi connectivity index (χ3v) is 2.09. The van der Waals surface area contributed by atoms with E-state index in [-0.39, 0.29) is 11.4 Å². The predicted molar refractivity (Wildman–Crippen MR) is 44.4 cm³/mol. The second-order valence-corrected chi connectivity index (χ2v) is 4.00. The van der Waals surface area contributed by atoms with Crippen LogP contribution >= 0.6 is 0 Å². The van der Waals surface area contributed by atoms with Crippen LogP contribution in [0.1, 0.15) is 20.3 Å². The van der Waals surface area contributed by atoms with Crippen molar-refractivity contribution in [3.63, 3.8) is 0 Å². The van der Waals surface area contributed by atoms with Gasteiger partial charge in [0.25, 0.3) is 0 Å². The second kappa shape index (κ2) is 2.72. The van der Waals surface area contributed by atoms with Crippen LogP contribution in [0.25, 0.3) is 0 Å². The summed E-state index contributed by atoms with van der Waals surface area (Å²) in [6.45, 7) is 6.02. The monoisotopic (exact) mass is 156 g/mol. The van der Waals surface area contributed by atoms with Gasteiger partial charge in [-0.25, -0.2) is 4.79 Å². The normalized spacial score (nSPS) is 24.3. The number of rotatable bonds is 0. The maximum absolute atomic E-state index is 11.1. The summed E-state index contributed by atoms with van der Waals surface area (Å²) >= 11 is 0. The fourth-order valence-corrected chi connectivity index (χ4v) is 1.44. The summed E-state index contributed by atoms with van der Waals surface area (Å²) < 4.78 is 0. The van der Waals surface area contributed by atoms with E-state index < -0.39 is 0 Å². The van der Waals surface area contributed by atoms with Crippen molar-refractivity contribution in [2.75, 3.05) is 20.1 Å². The summed E-state index contributed by atoms with van der Waals surface area (Å²) in [7, 11) is 1.84. The number of carbonyl (C=O) groups is 1. The Morgan fingerprint density at radius 3 is 2.82 bits per heavy atom. The van der Waals surface area contributed by atoms with Crippen molar-refractivity contribution in [3.05, 3.63) is 0 Å². The van der Waals surface area contributed by atoms with Crippen LogP contribution in [0.2, 0.25) is 0 Å². The Kier molecular flexibility index (Phi) is 2.07. The van der Waals surface area contributed by atoms with Crippen LogP contribution in [0.5, 0.6) is 0 Å². The molecule has 1 rings (SSSR count). The summed E-state index contributed by atoms with van der Waals surface area (Å²) in [5.41, 5.74) is 0.258. The molecule has 1 N–H and O–H groups in total. The minimum absolute atomic E-state index is 0.0515. The number of carbonyl (C=O) groups excluding carboxylic acids is 1. The van der Waals surface area contributed by atoms with Crippen LogP contribution in [-0.4, -0.2) is 31.1 Å². The van der Waals surface area contributed by atoms with E-state index in [1.807, 2.05) is 7.05 Å². The lowest BCUT2D eigenvalue weighted by atomic mass is 9.89. The summed E-state index contributed by atoms with van der Waals surface area (Å²) in [6, 6.07) is 0.0515. The Morgan fingerprint density at radius 1 is 1.55 bits per heavy atom. The average molecular weight is 156 g/mol. The predicted octanol–water partition coefficient (Wildman–Crippen LogP) is 1.06. The van der Waals surface area contributed by atoms with Crippen LogP contribution < -0.4 is 5.32 Å². The number of urea groups is 1. The molecule has 0 aromatic heterocycles. The smallest absolute Gasteiger partial charge is 0.317 e. The van der Waals surface area contributed by atoms with Gasteiger partial charge in [-0.15, -0.1) is 0 Å². The first-order valence-electron chi connectivity index (χ1n) is 4.00. The van der Waals surface area contributed by atoms with Gasteiger partial charge in [0, 0.05) is 20.1 Å². The van der Waals surface area contributed by atoms with Crippen molar-refractivity contribution in [2.24, 2.45) is 5.41 Å². The van der Waals surface area contributed by atoms with E-state index in [0.717, 1.165) is 19.5 Å². The molecule has 0 aromatic carbocycles. The number of nitrogens with one attached hydrogen (secondary N) is 1. The first-order valence-corrected chi connectivity index (χ1v) is 4.00. The zero-order chi connectivity index (χ0) is 8.48. The zero-order valence-corrected chi connectivity index (χ0v) is 7.48. The highest BCUT2D eigenvalue weighted by Gasteiger charge is 2.25. The molecule has 1 saturated heterocycles. The van der Waals surface area contributed by atoms with Gasteiger partial charge in [-0.3, -0.25) is 0 Å². The van der Waals surface area contributed by atoms with E-state index in [0.29, 0.717) is 0 Å². The van der Waals surface area contributed by atoms with Gasteiger partial charge in [0.15, 0.2) is 0 Å². The first-order chi connectivity index (χ1) is 5.01. The molecule has 0 radical (unpaired) electrons. The minimum atomic E-state index is 0.0515. The first kappa shape index (κ1) is 8.37. The van der Waals surface area contributed by atoms with Crippen molar-refractivity contribution in [1.82, 2.24) is 10.2 Å². The zero-order valence-electron chi connectivity index (χ0n) is 7.48. The summed E-state index contributed by atoms with van der Waals surface area (Å²) in [6.07, 6.45) is 1.06. The number of amides is 2. The van der Waals surface area contributed by atoms with E-state index in [1.165, 1.54) is 0 Å². The van der Waals surface area contributed by atoms with Crippen molar-refractivity contribution in [1.29, 1.82) is 0 Å². The van der Waals surface area contributed by atoms with E-state index in [1.54, 1.807) is 4.90 Å². The lowest BCUT2D eigenvalue weighted by Crippen LogP contribution is -2.37. The molecule has 0 unspecified atom stereocenters. The summed E-state index contributed by atoms with van der Waals surface area (Å²) in [5, 5.41) is 2.84. The fraction of sp³-hybridized carbons (Fsp3) is 0.875. The molecule has 3 heteroatoms. The Hall–Kier alpha value is -0.730. The van der Waals surface area contributed by atoms with Gasteiger partial charge in [-0.2, -0.15) is 0 Å². The van der Waals surface area contributed by atoms with Gasteiger partial charge in [0.05, 0.1) is 0 Å². The van der Waals surface area contributed by atoms with Gasteiger partial charge in [0.2, 0.25) is 0 Å². The van der Waals surface area contributed by atoms with Crippen LogP contribution in [0.15, 0.2) is 0 Å². The van der Waals surface area contributed by atoms with Gasteiger partial charge >= 0.3 is 6.03 Å². The highest BCUT2D eigenvalue weighted by molar-refractivity contribution is 5.74. The number of nitrogens with zero attached hydrogens (tertiary/aromatic N) is 1. The van der Waals surface area contributed by atoms with Crippen LogP contribution in [0, 0.1) is 5.41 Å². The molecule has 3 nitrogen and oxygen atoms in total. The molecule has 0 bridgehead atoms. The lowest BCUT2D eigenvalue weighted by molar-refractivity contribution is 0.196. The maximum Gasteiger partial charge on any atom is 0.317 e. The maximum atomic E-state index is 11.1. The van der Waals surface area contributed by atoms with Crippen molar-refractivity contribution in [2.45, 2.75) is 20.3 Å². The topological polar surface area (TPSA) is 32.3 Å². The summed E-state index contributed by atoms with van der Waals surface area (Å²) in [4.78, 5) is 12.9. The Labute approximate surface area is 67.8 Å². The molecule has 1 heterocycles. The quantitative estimate of drug-likeness (QED) is 0.558. The van der Waals surface area contributed by atoms with Crippen molar-refractivity contribution < 1.29 is 4.79 Å². The second-order valence-electron chi connectivity index (χ2n) is 4.00. The van der Waals surface area contributed by atoms with Crippen LogP contribution in [0.3, 0.4) is 0 Å². The van der Waals surface area contributed by atoms with Crippen molar-refractivity contribution in [3.8, 4) is 0 Å². The SMILES string of the molecule is CN1CC(C)(C)CCNC1=O. The summed E-state index contributed by atoms with van der Waals surface area (Å²) in [5.74, 6) is 0. The average Bonchev–Trinajstić information content (AvgIpc) is 1.93. The molecule has 0 aromatic rings. The number of hydrogen-bond acceptors (Lipinski definition) is 1. The Balaban J connectivity index is 2.63.